The summed E-state index contributed by atoms with van der Waals surface area (Å²) in [5, 5.41) is 12.1. The van der Waals surface area contributed by atoms with Crippen LogP contribution in [-0.4, -0.2) is 64.1 Å². The lowest BCUT2D eigenvalue weighted by Crippen LogP contribution is -2.67. The summed E-state index contributed by atoms with van der Waals surface area (Å²) >= 11 is 0. The molecule has 1 aromatic heterocycles. The molecule has 0 saturated heterocycles. The predicted octanol–water partition coefficient (Wildman–Crippen LogP) is 1.66. The third kappa shape index (κ3) is 9.07. The number of aryl methyl sites for hydroxylation is 2. The molecule has 0 fully saturated rings. The highest BCUT2D eigenvalue weighted by atomic mass is 16.2. The number of aromatic nitrogens is 1. The molecule has 1 aliphatic carbocycles. The van der Waals surface area contributed by atoms with Gasteiger partial charge in [-0.2, -0.15) is 0 Å². The molecule has 0 unspecified atom stereocenters. The Balaban J connectivity index is 1.63. The highest BCUT2D eigenvalue weighted by Gasteiger charge is 2.46. The highest BCUT2D eigenvalue weighted by Crippen LogP contribution is 2.35. The quantitative estimate of drug-likeness (QED) is 0.119. The Morgan fingerprint density at radius 2 is 1.54 bits per heavy atom. The van der Waals surface area contributed by atoms with Gasteiger partial charge in [-0.05, 0) is 48.3 Å². The number of rotatable bonds is 16. The van der Waals surface area contributed by atoms with Crippen molar-refractivity contribution in [3.63, 3.8) is 0 Å². The fourth-order valence-corrected chi connectivity index (χ4v) is 6.42. The van der Waals surface area contributed by atoms with Gasteiger partial charge in [-0.3, -0.25) is 28.8 Å². The van der Waals surface area contributed by atoms with Gasteiger partial charge in [-0.25, -0.2) is 0 Å². The number of hydrogen-bond acceptors (Lipinski definition) is 6. The number of benzene rings is 2. The maximum absolute atomic E-state index is 14.5. The molecule has 3 aromatic rings. The van der Waals surface area contributed by atoms with Crippen molar-refractivity contribution >= 4 is 46.3 Å². The van der Waals surface area contributed by atoms with Crippen LogP contribution in [0.4, 0.5) is 0 Å². The van der Waals surface area contributed by atoms with Crippen molar-refractivity contribution in [2.24, 2.45) is 23.3 Å². The van der Waals surface area contributed by atoms with E-state index in [4.69, 9.17) is 11.5 Å². The number of primary amides is 2. The van der Waals surface area contributed by atoms with Gasteiger partial charge in [0.05, 0.1) is 6.42 Å². The van der Waals surface area contributed by atoms with Gasteiger partial charge in [0.15, 0.2) is 0 Å². The third-order valence-electron chi connectivity index (χ3n) is 9.58. The van der Waals surface area contributed by atoms with E-state index >= 15 is 0 Å². The molecule has 0 radical (unpaired) electrons. The molecule has 9 N–H and O–H groups in total. The zero-order valence-corrected chi connectivity index (χ0v) is 29.1. The molecule has 5 atom stereocenters. The number of carbonyl (C=O) groups excluding carboxylic acids is 6. The van der Waals surface area contributed by atoms with Crippen molar-refractivity contribution in [3.05, 3.63) is 71.4 Å². The Labute approximate surface area is 292 Å². The Bertz CT molecular complexity index is 1720. The minimum Gasteiger partial charge on any atom is -0.370 e. The lowest BCUT2D eigenvalue weighted by molar-refractivity contribution is -0.139. The number of hydrogen-bond donors (Lipinski definition) is 7. The zero-order valence-electron chi connectivity index (χ0n) is 29.1. The molecule has 4 rings (SSSR count). The van der Waals surface area contributed by atoms with Gasteiger partial charge < -0.3 is 37.7 Å². The van der Waals surface area contributed by atoms with Crippen molar-refractivity contribution < 1.29 is 28.8 Å². The number of para-hydroxylation sites is 1. The molecule has 2 aromatic carbocycles. The molecule has 0 bridgehead atoms. The summed E-state index contributed by atoms with van der Waals surface area (Å²) in [6.45, 7) is 7.22. The fourth-order valence-electron chi connectivity index (χ4n) is 6.42. The van der Waals surface area contributed by atoms with Crippen LogP contribution in [0, 0.1) is 11.8 Å². The molecule has 0 aliphatic heterocycles. The maximum atomic E-state index is 14.5. The number of H-pyrrole nitrogens is 1. The van der Waals surface area contributed by atoms with Gasteiger partial charge in [0.1, 0.15) is 23.7 Å². The van der Waals surface area contributed by atoms with E-state index in [0.717, 1.165) is 27.7 Å². The maximum Gasteiger partial charge on any atom is 0.246 e. The SMILES string of the molecule is CC[C@@H](C)[C@@H](NC(=O)CCc1ccccc1)C(=O)N[C@]1(C(=O)N[C@H](C(=O)N[C@@H](CC(N)=O)C(N)=O)C(C)C)CCc2[nH]c3ccccc3c2C1. The molecule has 1 aliphatic rings. The van der Waals surface area contributed by atoms with E-state index in [1.54, 1.807) is 13.8 Å². The average molecular weight is 688 g/mol. The molecule has 13 heteroatoms. The standard InChI is InChI=1S/C37H49N7O6/c1-5-22(4)32(42-30(46)16-15-23-11-7-6-8-12-23)35(49)44-37(18-17-27-25(20-37)24-13-9-10-14-26(24)40-27)36(50)43-31(21(2)3)34(48)41-28(33(39)47)19-29(38)45/h6-14,21-22,28,31-32,40H,5,15-20H2,1-4H3,(H2,38,45)(H2,39,47)(H,41,48)(H,42,46)(H,43,50)(H,44,49)/t22-,28+,31+,32-,37-/m1/s1. The molecule has 6 amide bonds. The second-order valence-electron chi connectivity index (χ2n) is 13.6. The summed E-state index contributed by atoms with van der Waals surface area (Å²) in [5.74, 6) is -4.62. The predicted molar refractivity (Wildman–Crippen MR) is 189 cm³/mol. The minimum atomic E-state index is -1.50. The lowest BCUT2D eigenvalue weighted by atomic mass is 9.78. The molecule has 13 nitrogen and oxygen atoms in total. The molecule has 268 valence electrons. The first-order valence-electron chi connectivity index (χ1n) is 17.2. The van der Waals surface area contributed by atoms with Crippen LogP contribution in [0.5, 0.6) is 0 Å². The van der Waals surface area contributed by atoms with Gasteiger partial charge >= 0.3 is 0 Å². The van der Waals surface area contributed by atoms with Crippen LogP contribution in [0.2, 0.25) is 0 Å². The summed E-state index contributed by atoms with van der Waals surface area (Å²) in [7, 11) is 0. The van der Waals surface area contributed by atoms with Crippen molar-refractivity contribution in [1.82, 2.24) is 26.3 Å². The van der Waals surface area contributed by atoms with Crippen LogP contribution in [0.1, 0.15) is 70.2 Å². The van der Waals surface area contributed by atoms with Crippen LogP contribution < -0.4 is 32.7 Å². The molecule has 0 spiro atoms. The largest absolute Gasteiger partial charge is 0.370 e. The van der Waals surface area contributed by atoms with Crippen LogP contribution in [0.25, 0.3) is 10.9 Å². The van der Waals surface area contributed by atoms with E-state index in [9.17, 15) is 28.8 Å². The van der Waals surface area contributed by atoms with Gasteiger partial charge in [0.2, 0.25) is 35.4 Å². The highest BCUT2D eigenvalue weighted by molar-refractivity contribution is 5.99. The van der Waals surface area contributed by atoms with Gasteiger partial charge in [-0.15, -0.1) is 0 Å². The number of aromatic amines is 1. The van der Waals surface area contributed by atoms with Crippen LogP contribution in [-0.2, 0) is 48.0 Å². The second kappa shape index (κ2) is 16.5. The van der Waals surface area contributed by atoms with E-state index in [-0.39, 0.29) is 31.1 Å². The van der Waals surface area contributed by atoms with E-state index in [1.165, 1.54) is 0 Å². The number of nitrogens with one attached hydrogen (secondary N) is 5. The summed E-state index contributed by atoms with van der Waals surface area (Å²) in [4.78, 5) is 82.3. The van der Waals surface area contributed by atoms with Crippen molar-refractivity contribution in [3.8, 4) is 0 Å². The van der Waals surface area contributed by atoms with Crippen LogP contribution in [0.15, 0.2) is 54.6 Å². The first-order chi connectivity index (χ1) is 23.7. The molecule has 50 heavy (non-hydrogen) atoms. The van der Waals surface area contributed by atoms with E-state index in [2.05, 4.69) is 26.3 Å². The first-order valence-corrected chi connectivity index (χ1v) is 17.2. The van der Waals surface area contributed by atoms with Crippen molar-refractivity contribution in [2.45, 2.75) is 96.3 Å². The van der Waals surface area contributed by atoms with Crippen LogP contribution in [0.3, 0.4) is 0 Å². The van der Waals surface area contributed by atoms with Crippen LogP contribution >= 0.6 is 0 Å². The van der Waals surface area contributed by atoms with Crippen molar-refractivity contribution in [2.75, 3.05) is 0 Å². The lowest BCUT2D eigenvalue weighted by Gasteiger charge is -2.39. The van der Waals surface area contributed by atoms with E-state index in [1.807, 2.05) is 68.4 Å². The Morgan fingerprint density at radius 3 is 2.18 bits per heavy atom. The number of nitrogens with two attached hydrogens (primary N) is 2. The van der Waals surface area contributed by atoms with E-state index in [0.29, 0.717) is 19.3 Å². The first kappa shape index (κ1) is 37.6. The van der Waals surface area contributed by atoms with Crippen molar-refractivity contribution in [1.29, 1.82) is 0 Å². The Hall–Kier alpha value is -5.20. The summed E-state index contributed by atoms with van der Waals surface area (Å²) in [6, 6.07) is 13.8. The summed E-state index contributed by atoms with van der Waals surface area (Å²) < 4.78 is 0. The normalized spacial score (nSPS) is 17.9. The number of carbonyl (C=O) groups is 6. The van der Waals surface area contributed by atoms with Gasteiger partial charge in [-0.1, -0.05) is 82.6 Å². The van der Waals surface area contributed by atoms with E-state index < -0.39 is 65.5 Å². The number of fused-ring (bicyclic) bond motifs is 3. The minimum absolute atomic E-state index is 0.122. The molecular formula is C37H49N7O6. The molecule has 0 saturated carbocycles. The summed E-state index contributed by atoms with van der Waals surface area (Å²) in [6.07, 6.45) is 1.53. The Morgan fingerprint density at radius 1 is 0.860 bits per heavy atom. The monoisotopic (exact) mass is 687 g/mol. The second-order valence-corrected chi connectivity index (χ2v) is 13.6. The molecule has 1 heterocycles. The fraction of sp³-hybridized carbons (Fsp3) is 0.459. The zero-order chi connectivity index (χ0) is 36.6. The third-order valence-corrected chi connectivity index (χ3v) is 9.58. The smallest absolute Gasteiger partial charge is 0.246 e. The number of amides is 6. The topological polar surface area (TPSA) is 218 Å². The Kier molecular flexibility index (Phi) is 12.4. The van der Waals surface area contributed by atoms with Gasteiger partial charge in [0, 0.05) is 29.4 Å². The summed E-state index contributed by atoms with van der Waals surface area (Å²) in [5.41, 5.74) is 12.9. The average Bonchev–Trinajstić information content (AvgIpc) is 3.45. The van der Waals surface area contributed by atoms with Gasteiger partial charge in [0.25, 0.3) is 0 Å². The molecular weight excluding hydrogens is 638 g/mol.